The van der Waals surface area contributed by atoms with Crippen LogP contribution in [0.4, 0.5) is 5.69 Å². The number of carbonyl (C=O) groups is 1. The van der Waals surface area contributed by atoms with Crippen LogP contribution in [0.3, 0.4) is 0 Å². The Morgan fingerprint density at radius 3 is 2.65 bits per heavy atom. The molecular formula is C15H21BrN2OS. The minimum Gasteiger partial charge on any atom is -0.324 e. The third kappa shape index (κ3) is 4.79. The second-order valence-corrected chi connectivity index (χ2v) is 7.11. The van der Waals surface area contributed by atoms with Crippen LogP contribution >= 0.6 is 27.7 Å². The Balaban J connectivity index is 1.72. The molecule has 20 heavy (non-hydrogen) atoms. The van der Waals surface area contributed by atoms with Gasteiger partial charge < -0.3 is 10.6 Å². The SMILES string of the molecule is CSC1CCC(NCC(=O)Nc2ccccc2Br)CC1. The molecule has 1 aliphatic carbocycles. The van der Waals surface area contributed by atoms with E-state index in [0.29, 0.717) is 12.6 Å². The number of amides is 1. The predicted octanol–water partition coefficient (Wildman–Crippen LogP) is 3.65. The van der Waals surface area contributed by atoms with E-state index >= 15 is 0 Å². The highest BCUT2D eigenvalue weighted by Crippen LogP contribution is 2.26. The number of para-hydroxylation sites is 1. The highest BCUT2D eigenvalue weighted by Gasteiger charge is 2.20. The molecule has 1 fully saturated rings. The van der Waals surface area contributed by atoms with Crippen molar-refractivity contribution in [1.82, 2.24) is 5.32 Å². The topological polar surface area (TPSA) is 41.1 Å². The van der Waals surface area contributed by atoms with Gasteiger partial charge in [-0.3, -0.25) is 4.79 Å². The summed E-state index contributed by atoms with van der Waals surface area (Å²) in [6.07, 6.45) is 7.04. The van der Waals surface area contributed by atoms with Crippen molar-refractivity contribution in [2.75, 3.05) is 18.1 Å². The van der Waals surface area contributed by atoms with Crippen molar-refractivity contribution in [2.45, 2.75) is 37.0 Å². The molecule has 0 spiro atoms. The van der Waals surface area contributed by atoms with Crippen molar-refractivity contribution in [1.29, 1.82) is 0 Å². The van der Waals surface area contributed by atoms with Crippen LogP contribution in [0.15, 0.2) is 28.7 Å². The normalized spacial score (nSPS) is 22.5. The number of carbonyl (C=O) groups excluding carboxylic acids is 1. The van der Waals surface area contributed by atoms with E-state index in [1.807, 2.05) is 36.0 Å². The first-order chi connectivity index (χ1) is 9.69. The first-order valence-electron chi connectivity index (χ1n) is 6.99. The highest BCUT2D eigenvalue weighted by atomic mass is 79.9. The molecule has 0 heterocycles. The van der Waals surface area contributed by atoms with Gasteiger partial charge in [0.2, 0.25) is 5.91 Å². The minimum absolute atomic E-state index is 0.0175. The van der Waals surface area contributed by atoms with E-state index in [2.05, 4.69) is 32.8 Å². The summed E-state index contributed by atoms with van der Waals surface area (Å²) < 4.78 is 0.911. The average Bonchev–Trinajstić information content (AvgIpc) is 2.48. The summed E-state index contributed by atoms with van der Waals surface area (Å²) in [6, 6.07) is 8.15. The summed E-state index contributed by atoms with van der Waals surface area (Å²) in [5, 5.41) is 7.09. The number of thioether (sulfide) groups is 1. The van der Waals surface area contributed by atoms with E-state index in [-0.39, 0.29) is 5.91 Å². The van der Waals surface area contributed by atoms with Crippen LogP contribution in [0.5, 0.6) is 0 Å². The van der Waals surface area contributed by atoms with Gasteiger partial charge in [0.05, 0.1) is 12.2 Å². The largest absolute Gasteiger partial charge is 0.324 e. The Labute approximate surface area is 133 Å². The molecule has 0 unspecified atom stereocenters. The summed E-state index contributed by atoms with van der Waals surface area (Å²) in [5.74, 6) is 0.0175. The highest BCUT2D eigenvalue weighted by molar-refractivity contribution is 9.10. The summed E-state index contributed by atoms with van der Waals surface area (Å²) in [7, 11) is 0. The number of halogens is 1. The molecule has 1 saturated carbocycles. The molecule has 0 aromatic heterocycles. The van der Waals surface area contributed by atoms with Gasteiger partial charge in [-0.05, 0) is 60.0 Å². The van der Waals surface area contributed by atoms with Crippen LogP contribution in [0.1, 0.15) is 25.7 Å². The fourth-order valence-corrected chi connectivity index (χ4v) is 3.62. The van der Waals surface area contributed by atoms with E-state index in [1.165, 1.54) is 25.7 Å². The van der Waals surface area contributed by atoms with Crippen molar-refractivity contribution in [3.05, 3.63) is 28.7 Å². The molecular weight excluding hydrogens is 336 g/mol. The van der Waals surface area contributed by atoms with Gasteiger partial charge in [0.1, 0.15) is 0 Å². The second-order valence-electron chi connectivity index (χ2n) is 5.12. The predicted molar refractivity (Wildman–Crippen MR) is 90.3 cm³/mol. The number of rotatable bonds is 5. The molecule has 0 bridgehead atoms. The van der Waals surface area contributed by atoms with Gasteiger partial charge in [0.15, 0.2) is 0 Å². The molecule has 1 aromatic rings. The Hall–Kier alpha value is -0.520. The summed E-state index contributed by atoms with van der Waals surface area (Å²) >= 11 is 5.39. The lowest BCUT2D eigenvalue weighted by atomic mass is 9.95. The zero-order chi connectivity index (χ0) is 14.4. The monoisotopic (exact) mass is 356 g/mol. The lowest BCUT2D eigenvalue weighted by Crippen LogP contribution is -2.38. The van der Waals surface area contributed by atoms with Crippen LogP contribution < -0.4 is 10.6 Å². The van der Waals surface area contributed by atoms with Gasteiger partial charge in [0, 0.05) is 15.8 Å². The van der Waals surface area contributed by atoms with Crippen LogP contribution in [-0.2, 0) is 4.79 Å². The molecule has 1 aliphatic rings. The van der Waals surface area contributed by atoms with Gasteiger partial charge in [-0.1, -0.05) is 12.1 Å². The van der Waals surface area contributed by atoms with Gasteiger partial charge >= 0.3 is 0 Å². The maximum atomic E-state index is 11.9. The Morgan fingerprint density at radius 1 is 1.30 bits per heavy atom. The average molecular weight is 357 g/mol. The van der Waals surface area contributed by atoms with Crippen LogP contribution in [0.2, 0.25) is 0 Å². The van der Waals surface area contributed by atoms with Crippen molar-refractivity contribution in [2.24, 2.45) is 0 Å². The smallest absolute Gasteiger partial charge is 0.238 e. The number of hydrogen-bond donors (Lipinski definition) is 2. The zero-order valence-electron chi connectivity index (χ0n) is 11.7. The van der Waals surface area contributed by atoms with Crippen molar-refractivity contribution in [3.8, 4) is 0 Å². The summed E-state index contributed by atoms with van der Waals surface area (Å²) in [4.78, 5) is 11.9. The summed E-state index contributed by atoms with van der Waals surface area (Å²) in [5.41, 5.74) is 0.824. The van der Waals surface area contributed by atoms with Crippen molar-refractivity contribution < 1.29 is 4.79 Å². The molecule has 0 radical (unpaired) electrons. The molecule has 1 amide bonds. The second kappa shape index (κ2) is 8.05. The fourth-order valence-electron chi connectivity index (χ4n) is 2.50. The number of anilines is 1. The molecule has 1 aromatic carbocycles. The van der Waals surface area contributed by atoms with Crippen molar-refractivity contribution in [3.63, 3.8) is 0 Å². The minimum atomic E-state index is 0.0175. The maximum absolute atomic E-state index is 11.9. The lowest BCUT2D eigenvalue weighted by Gasteiger charge is -2.27. The van der Waals surface area contributed by atoms with E-state index in [4.69, 9.17) is 0 Å². The molecule has 3 nitrogen and oxygen atoms in total. The fraction of sp³-hybridized carbons (Fsp3) is 0.533. The molecule has 5 heteroatoms. The van der Waals surface area contributed by atoms with Crippen LogP contribution in [0.25, 0.3) is 0 Å². The van der Waals surface area contributed by atoms with Gasteiger partial charge in [-0.25, -0.2) is 0 Å². The molecule has 0 atom stereocenters. The van der Waals surface area contributed by atoms with Gasteiger partial charge in [0.25, 0.3) is 0 Å². The van der Waals surface area contributed by atoms with Crippen LogP contribution in [0, 0.1) is 0 Å². The Morgan fingerprint density at radius 2 is 2.00 bits per heavy atom. The van der Waals surface area contributed by atoms with Crippen molar-refractivity contribution >= 4 is 39.3 Å². The van der Waals surface area contributed by atoms with Crippen LogP contribution in [-0.4, -0.2) is 30.0 Å². The first-order valence-corrected chi connectivity index (χ1v) is 9.07. The number of nitrogens with one attached hydrogen (secondary N) is 2. The molecule has 2 rings (SSSR count). The molecule has 110 valence electrons. The molecule has 0 saturated heterocycles. The maximum Gasteiger partial charge on any atom is 0.238 e. The first kappa shape index (κ1) is 15.9. The van der Waals surface area contributed by atoms with Gasteiger partial charge in [-0.15, -0.1) is 0 Å². The van der Waals surface area contributed by atoms with E-state index in [1.54, 1.807) is 0 Å². The molecule has 2 N–H and O–H groups in total. The standard InChI is InChI=1S/C15H21BrN2OS/c1-20-12-8-6-11(7-9-12)17-10-15(19)18-14-5-3-2-4-13(14)16/h2-5,11-12,17H,6-10H2,1H3,(H,18,19). The third-order valence-corrected chi connectivity index (χ3v) is 5.54. The number of benzene rings is 1. The summed E-state index contributed by atoms with van der Waals surface area (Å²) in [6.45, 7) is 0.385. The molecule has 0 aliphatic heterocycles. The lowest BCUT2D eigenvalue weighted by molar-refractivity contribution is -0.115. The van der Waals surface area contributed by atoms with Gasteiger partial charge in [-0.2, -0.15) is 11.8 Å². The number of hydrogen-bond acceptors (Lipinski definition) is 3. The zero-order valence-corrected chi connectivity index (χ0v) is 14.1. The van der Waals surface area contributed by atoms with E-state index in [9.17, 15) is 4.79 Å². The third-order valence-electron chi connectivity index (χ3n) is 3.71. The Bertz CT molecular complexity index is 447. The Kier molecular flexibility index (Phi) is 6.39. The van der Waals surface area contributed by atoms with E-state index < -0.39 is 0 Å². The quantitative estimate of drug-likeness (QED) is 0.845. The van der Waals surface area contributed by atoms with E-state index in [0.717, 1.165) is 15.4 Å².